The predicted octanol–water partition coefficient (Wildman–Crippen LogP) is 3.52. The third-order valence-electron chi connectivity index (χ3n) is 4.59. The second-order valence-electron chi connectivity index (χ2n) is 8.70. The second kappa shape index (κ2) is 5.13. The molecule has 0 aliphatic heterocycles. The van der Waals surface area contributed by atoms with Gasteiger partial charge in [0, 0.05) is 18.1 Å². The van der Waals surface area contributed by atoms with E-state index in [4.69, 9.17) is 0 Å². The molecule has 1 N–H and O–H groups in total. The van der Waals surface area contributed by atoms with Gasteiger partial charge in [0.05, 0.1) is 0 Å². The fourth-order valence-electron chi connectivity index (χ4n) is 3.54. The smallest absolute Gasteiger partial charge is 0.0271 e. The van der Waals surface area contributed by atoms with Crippen LogP contribution in [0.3, 0.4) is 0 Å². The van der Waals surface area contributed by atoms with Crippen molar-refractivity contribution in [2.24, 2.45) is 10.8 Å². The van der Waals surface area contributed by atoms with Crippen LogP contribution in [0, 0.1) is 10.8 Å². The summed E-state index contributed by atoms with van der Waals surface area (Å²) in [7, 11) is 4.33. The molecule has 0 bridgehead atoms. The van der Waals surface area contributed by atoms with Crippen molar-refractivity contribution in [2.45, 2.75) is 72.4 Å². The van der Waals surface area contributed by atoms with Crippen LogP contribution in [-0.4, -0.2) is 37.1 Å². The Balaban J connectivity index is 2.57. The molecule has 1 rings (SSSR count). The first kappa shape index (κ1) is 16.0. The Morgan fingerprint density at radius 1 is 1.06 bits per heavy atom. The first-order chi connectivity index (χ1) is 7.94. The van der Waals surface area contributed by atoms with Gasteiger partial charge in [0.15, 0.2) is 0 Å². The van der Waals surface area contributed by atoms with E-state index in [0.29, 0.717) is 16.9 Å². The van der Waals surface area contributed by atoms with Gasteiger partial charge in [-0.25, -0.2) is 0 Å². The number of likely N-dealkylation sites (N-methyl/N-ethyl adjacent to an activating group) is 1. The van der Waals surface area contributed by atoms with Crippen LogP contribution in [0.15, 0.2) is 0 Å². The maximum Gasteiger partial charge on any atom is 0.0271 e. The molecule has 1 fully saturated rings. The van der Waals surface area contributed by atoms with Gasteiger partial charge in [-0.1, -0.05) is 27.7 Å². The Morgan fingerprint density at radius 3 is 1.89 bits per heavy atom. The van der Waals surface area contributed by atoms with E-state index in [-0.39, 0.29) is 5.54 Å². The van der Waals surface area contributed by atoms with E-state index in [1.54, 1.807) is 0 Å². The number of nitrogens with zero attached hydrogens (tertiary/aromatic N) is 1. The van der Waals surface area contributed by atoms with Crippen LogP contribution in [0.2, 0.25) is 0 Å². The minimum absolute atomic E-state index is 0.228. The standard InChI is InChI=1S/C16H34N2/c1-14(2)9-13(10-15(3,4)11-14)17-12-16(5,6)18(7)8/h13,17H,9-12H2,1-8H3. The van der Waals surface area contributed by atoms with Crippen molar-refractivity contribution in [3.8, 4) is 0 Å². The topological polar surface area (TPSA) is 15.3 Å². The molecule has 2 nitrogen and oxygen atoms in total. The third-order valence-corrected chi connectivity index (χ3v) is 4.59. The van der Waals surface area contributed by atoms with Crippen LogP contribution >= 0.6 is 0 Å². The quantitative estimate of drug-likeness (QED) is 0.826. The average Bonchev–Trinajstić information content (AvgIpc) is 2.09. The maximum atomic E-state index is 3.81. The van der Waals surface area contributed by atoms with Crippen LogP contribution in [0.1, 0.15) is 60.8 Å². The number of hydrogen-bond acceptors (Lipinski definition) is 2. The normalized spacial score (nSPS) is 24.5. The maximum absolute atomic E-state index is 3.81. The molecule has 0 amide bonds. The molecule has 18 heavy (non-hydrogen) atoms. The number of nitrogens with one attached hydrogen (secondary N) is 1. The summed E-state index contributed by atoms with van der Waals surface area (Å²) in [5, 5.41) is 3.81. The molecule has 108 valence electrons. The Morgan fingerprint density at radius 2 is 1.50 bits per heavy atom. The summed E-state index contributed by atoms with van der Waals surface area (Å²) >= 11 is 0. The lowest BCUT2D eigenvalue weighted by atomic mass is 9.63. The summed E-state index contributed by atoms with van der Waals surface area (Å²) in [5.74, 6) is 0. The molecule has 0 aromatic carbocycles. The molecule has 1 saturated carbocycles. The van der Waals surface area contributed by atoms with Gasteiger partial charge in [-0.05, 0) is 58.0 Å². The summed E-state index contributed by atoms with van der Waals surface area (Å²) in [6.45, 7) is 15.3. The fraction of sp³-hybridized carbons (Fsp3) is 1.00. The molecule has 0 spiro atoms. The molecule has 0 unspecified atom stereocenters. The highest BCUT2D eigenvalue weighted by atomic mass is 15.2. The van der Waals surface area contributed by atoms with E-state index in [1.807, 2.05) is 0 Å². The van der Waals surface area contributed by atoms with E-state index in [2.05, 4.69) is 65.9 Å². The number of hydrogen-bond donors (Lipinski definition) is 1. The van der Waals surface area contributed by atoms with Crippen molar-refractivity contribution < 1.29 is 0 Å². The van der Waals surface area contributed by atoms with Gasteiger partial charge in [0.1, 0.15) is 0 Å². The zero-order chi connectivity index (χ0) is 14.2. The minimum Gasteiger partial charge on any atom is -0.312 e. The Bertz CT molecular complexity index is 261. The van der Waals surface area contributed by atoms with Gasteiger partial charge >= 0.3 is 0 Å². The number of rotatable bonds is 4. The largest absolute Gasteiger partial charge is 0.312 e. The fourth-order valence-corrected chi connectivity index (χ4v) is 3.54. The molecular formula is C16H34N2. The van der Waals surface area contributed by atoms with Crippen molar-refractivity contribution in [3.05, 3.63) is 0 Å². The molecule has 0 heterocycles. The molecule has 1 aliphatic carbocycles. The van der Waals surface area contributed by atoms with Crippen LogP contribution in [0.5, 0.6) is 0 Å². The highest BCUT2D eigenvalue weighted by molar-refractivity contribution is 4.93. The van der Waals surface area contributed by atoms with E-state index in [1.165, 1.54) is 19.3 Å². The van der Waals surface area contributed by atoms with Crippen LogP contribution < -0.4 is 5.32 Å². The molecule has 0 saturated heterocycles. The average molecular weight is 254 g/mol. The first-order valence-electron chi connectivity index (χ1n) is 7.34. The molecule has 2 heteroatoms. The Hall–Kier alpha value is -0.0800. The van der Waals surface area contributed by atoms with E-state index in [9.17, 15) is 0 Å². The Kier molecular flexibility index (Phi) is 4.55. The zero-order valence-electron chi connectivity index (χ0n) is 13.9. The van der Waals surface area contributed by atoms with Crippen molar-refractivity contribution in [2.75, 3.05) is 20.6 Å². The summed E-state index contributed by atoms with van der Waals surface area (Å²) in [6, 6.07) is 0.669. The summed E-state index contributed by atoms with van der Waals surface area (Å²) < 4.78 is 0. The van der Waals surface area contributed by atoms with Gasteiger partial charge in [0.2, 0.25) is 0 Å². The lowest BCUT2D eigenvalue weighted by Crippen LogP contribution is -2.52. The van der Waals surface area contributed by atoms with Gasteiger partial charge in [0.25, 0.3) is 0 Å². The second-order valence-corrected chi connectivity index (χ2v) is 8.70. The van der Waals surface area contributed by atoms with Crippen molar-refractivity contribution in [1.29, 1.82) is 0 Å². The molecule has 1 aliphatic rings. The monoisotopic (exact) mass is 254 g/mol. The van der Waals surface area contributed by atoms with Crippen molar-refractivity contribution in [3.63, 3.8) is 0 Å². The zero-order valence-corrected chi connectivity index (χ0v) is 13.9. The molecule has 0 aromatic heterocycles. The van der Waals surface area contributed by atoms with E-state index < -0.39 is 0 Å². The predicted molar refractivity (Wildman–Crippen MR) is 81.0 cm³/mol. The van der Waals surface area contributed by atoms with Gasteiger partial charge in [-0.15, -0.1) is 0 Å². The molecule has 0 radical (unpaired) electrons. The van der Waals surface area contributed by atoms with Gasteiger partial charge in [-0.2, -0.15) is 0 Å². The minimum atomic E-state index is 0.228. The molecule has 0 atom stereocenters. The Labute approximate surface area is 115 Å². The summed E-state index contributed by atoms with van der Waals surface area (Å²) in [5.41, 5.74) is 1.18. The van der Waals surface area contributed by atoms with Crippen molar-refractivity contribution in [1.82, 2.24) is 10.2 Å². The molecular weight excluding hydrogens is 220 g/mol. The summed E-state index contributed by atoms with van der Waals surface area (Å²) in [6.07, 6.45) is 3.95. The lowest BCUT2D eigenvalue weighted by Gasteiger charge is -2.46. The highest BCUT2D eigenvalue weighted by Gasteiger charge is 2.38. The van der Waals surface area contributed by atoms with Gasteiger partial charge in [-0.3, -0.25) is 0 Å². The highest BCUT2D eigenvalue weighted by Crippen LogP contribution is 2.45. The van der Waals surface area contributed by atoms with Crippen molar-refractivity contribution >= 4 is 0 Å². The first-order valence-corrected chi connectivity index (χ1v) is 7.34. The van der Waals surface area contributed by atoms with Crippen LogP contribution in [0.4, 0.5) is 0 Å². The third kappa shape index (κ3) is 4.55. The lowest BCUT2D eigenvalue weighted by molar-refractivity contribution is 0.0765. The molecule has 0 aromatic rings. The van der Waals surface area contributed by atoms with E-state index in [0.717, 1.165) is 6.54 Å². The summed E-state index contributed by atoms with van der Waals surface area (Å²) in [4.78, 5) is 2.30. The van der Waals surface area contributed by atoms with E-state index >= 15 is 0 Å². The van der Waals surface area contributed by atoms with Crippen LogP contribution in [-0.2, 0) is 0 Å². The van der Waals surface area contributed by atoms with Gasteiger partial charge < -0.3 is 10.2 Å². The SMILES string of the molecule is CN(C)C(C)(C)CNC1CC(C)(C)CC(C)(C)C1. The van der Waals surface area contributed by atoms with Crippen LogP contribution in [0.25, 0.3) is 0 Å².